The van der Waals surface area contributed by atoms with E-state index in [0.29, 0.717) is 22.8 Å². The summed E-state index contributed by atoms with van der Waals surface area (Å²) in [4.78, 5) is 12.5. The molecule has 7 heteroatoms. The van der Waals surface area contributed by atoms with E-state index in [9.17, 15) is 10.1 Å². The number of carbonyl (C=O) groups excluding carboxylic acids is 1. The maximum Gasteiger partial charge on any atom is 0.293 e. The third kappa shape index (κ3) is 3.87. The number of nitrogens with zero attached hydrogens (tertiary/aromatic N) is 1. The molecule has 154 valence electrons. The molecule has 0 spiro atoms. The van der Waals surface area contributed by atoms with Crippen molar-refractivity contribution in [1.82, 2.24) is 0 Å². The Labute approximate surface area is 178 Å². The minimum Gasteiger partial charge on any atom is -0.497 e. The highest BCUT2D eigenvalue weighted by atomic mass is 16.5. The molecule has 0 aliphatic rings. The number of methoxy groups -OCH3 is 2. The summed E-state index contributed by atoms with van der Waals surface area (Å²) >= 11 is 0. The third-order valence-corrected chi connectivity index (χ3v) is 4.72. The van der Waals surface area contributed by atoms with E-state index in [4.69, 9.17) is 18.3 Å². The topological polar surface area (TPSA) is 97.6 Å². The maximum absolute atomic E-state index is 12.5. The van der Waals surface area contributed by atoms with E-state index in [2.05, 4.69) is 11.4 Å². The SMILES string of the molecule is COc1ccc(-c2oc(NC(=O)c3ccco3)c(C#N)c2-c2ccc(OC)cc2)cc1. The lowest BCUT2D eigenvalue weighted by molar-refractivity contribution is 0.0994. The van der Waals surface area contributed by atoms with Crippen molar-refractivity contribution in [3.8, 4) is 40.0 Å². The van der Waals surface area contributed by atoms with Crippen molar-refractivity contribution in [3.05, 3.63) is 78.3 Å². The summed E-state index contributed by atoms with van der Waals surface area (Å²) < 4.78 is 21.6. The van der Waals surface area contributed by atoms with Crippen molar-refractivity contribution < 1.29 is 23.1 Å². The van der Waals surface area contributed by atoms with Gasteiger partial charge in [0, 0.05) is 11.1 Å². The number of hydrogen-bond donors (Lipinski definition) is 1. The normalized spacial score (nSPS) is 10.4. The lowest BCUT2D eigenvalue weighted by atomic mass is 9.98. The van der Waals surface area contributed by atoms with Crippen LogP contribution in [0.25, 0.3) is 22.5 Å². The Balaban J connectivity index is 1.85. The average Bonchev–Trinajstić information content (AvgIpc) is 3.47. The molecule has 0 bridgehead atoms. The van der Waals surface area contributed by atoms with Gasteiger partial charge < -0.3 is 18.3 Å². The Morgan fingerprint density at radius 2 is 1.55 bits per heavy atom. The lowest BCUT2D eigenvalue weighted by Crippen LogP contribution is -2.11. The molecule has 0 unspecified atom stereocenters. The van der Waals surface area contributed by atoms with Crippen LogP contribution in [0.15, 0.2) is 75.8 Å². The fourth-order valence-electron chi connectivity index (χ4n) is 3.18. The van der Waals surface area contributed by atoms with Crippen LogP contribution < -0.4 is 14.8 Å². The van der Waals surface area contributed by atoms with E-state index in [-0.39, 0.29) is 17.2 Å². The second kappa shape index (κ2) is 8.51. The molecule has 4 rings (SSSR count). The number of amides is 1. The van der Waals surface area contributed by atoms with Crippen molar-refractivity contribution in [1.29, 1.82) is 5.26 Å². The zero-order valence-electron chi connectivity index (χ0n) is 16.8. The number of anilines is 1. The Bertz CT molecular complexity index is 1230. The Kier molecular flexibility index (Phi) is 5.45. The summed E-state index contributed by atoms with van der Waals surface area (Å²) in [7, 11) is 3.17. The van der Waals surface area contributed by atoms with Crippen LogP contribution in [0.4, 0.5) is 5.88 Å². The first-order chi connectivity index (χ1) is 15.1. The highest BCUT2D eigenvalue weighted by Gasteiger charge is 2.25. The minimum atomic E-state index is -0.516. The molecule has 4 aromatic rings. The second-order valence-corrected chi connectivity index (χ2v) is 6.51. The predicted octanol–water partition coefficient (Wildman–Crippen LogP) is 5.35. The van der Waals surface area contributed by atoms with E-state index in [0.717, 1.165) is 11.1 Å². The number of rotatable bonds is 6. The standard InChI is InChI=1S/C24H18N2O5/c1-28-17-9-5-15(6-10-17)21-19(14-25)24(26-23(27)20-4-3-13-30-20)31-22(21)16-7-11-18(29-2)12-8-16/h3-13H,1-2H3,(H,26,27). The van der Waals surface area contributed by atoms with Crippen LogP contribution in [0, 0.1) is 11.3 Å². The molecule has 0 aliphatic heterocycles. The van der Waals surface area contributed by atoms with Crippen molar-refractivity contribution in [2.45, 2.75) is 0 Å². The Hall–Kier alpha value is -4.44. The molecule has 0 aliphatic carbocycles. The average molecular weight is 414 g/mol. The molecule has 31 heavy (non-hydrogen) atoms. The second-order valence-electron chi connectivity index (χ2n) is 6.51. The molecule has 0 saturated heterocycles. The summed E-state index contributed by atoms with van der Waals surface area (Å²) in [6.07, 6.45) is 1.40. The number of carbonyl (C=O) groups is 1. The van der Waals surface area contributed by atoms with Gasteiger partial charge in [0.25, 0.3) is 5.91 Å². The molecule has 1 amide bonds. The van der Waals surface area contributed by atoms with E-state index in [1.54, 1.807) is 44.6 Å². The highest BCUT2D eigenvalue weighted by Crippen LogP contribution is 2.42. The first kappa shape index (κ1) is 19.9. The van der Waals surface area contributed by atoms with E-state index >= 15 is 0 Å². The largest absolute Gasteiger partial charge is 0.497 e. The summed E-state index contributed by atoms with van der Waals surface area (Å²) in [6.45, 7) is 0. The Morgan fingerprint density at radius 3 is 2.06 bits per heavy atom. The van der Waals surface area contributed by atoms with E-state index in [1.165, 1.54) is 12.3 Å². The molecule has 7 nitrogen and oxygen atoms in total. The number of benzene rings is 2. The predicted molar refractivity (Wildman–Crippen MR) is 114 cm³/mol. The van der Waals surface area contributed by atoms with Gasteiger partial charge in [-0.25, -0.2) is 0 Å². The van der Waals surface area contributed by atoms with Gasteiger partial charge in [0.05, 0.1) is 20.5 Å². The van der Waals surface area contributed by atoms with Crippen LogP contribution in [0.1, 0.15) is 16.1 Å². The van der Waals surface area contributed by atoms with Crippen LogP contribution in [0.2, 0.25) is 0 Å². The first-order valence-corrected chi connectivity index (χ1v) is 9.35. The number of hydrogen-bond acceptors (Lipinski definition) is 6. The van der Waals surface area contributed by atoms with Gasteiger partial charge >= 0.3 is 0 Å². The molecular formula is C24H18N2O5. The number of nitriles is 1. The van der Waals surface area contributed by atoms with Crippen molar-refractivity contribution in [3.63, 3.8) is 0 Å². The van der Waals surface area contributed by atoms with Gasteiger partial charge in [0.1, 0.15) is 28.9 Å². The molecule has 2 aromatic carbocycles. The van der Waals surface area contributed by atoms with E-state index < -0.39 is 5.91 Å². The molecule has 0 fully saturated rings. The molecule has 0 saturated carbocycles. The molecule has 0 atom stereocenters. The van der Waals surface area contributed by atoms with Crippen LogP contribution in [0.5, 0.6) is 11.5 Å². The summed E-state index contributed by atoms with van der Waals surface area (Å²) in [5.41, 5.74) is 2.23. The van der Waals surface area contributed by atoms with Gasteiger partial charge in [-0.05, 0) is 54.1 Å². The number of nitrogens with one attached hydrogen (secondary N) is 1. The van der Waals surface area contributed by atoms with Crippen molar-refractivity contribution in [2.75, 3.05) is 19.5 Å². The zero-order chi connectivity index (χ0) is 21.8. The molecule has 0 radical (unpaired) electrons. The molecular weight excluding hydrogens is 396 g/mol. The van der Waals surface area contributed by atoms with Crippen molar-refractivity contribution >= 4 is 11.8 Å². The van der Waals surface area contributed by atoms with E-state index in [1.807, 2.05) is 24.3 Å². The minimum absolute atomic E-state index is 0.0422. The van der Waals surface area contributed by atoms with Crippen LogP contribution in [-0.4, -0.2) is 20.1 Å². The third-order valence-electron chi connectivity index (χ3n) is 4.72. The monoisotopic (exact) mass is 414 g/mol. The van der Waals surface area contributed by atoms with Crippen LogP contribution >= 0.6 is 0 Å². The lowest BCUT2D eigenvalue weighted by Gasteiger charge is -2.06. The fourth-order valence-corrected chi connectivity index (χ4v) is 3.18. The summed E-state index contributed by atoms with van der Waals surface area (Å²) in [6, 6.07) is 19.8. The van der Waals surface area contributed by atoms with Gasteiger partial charge in [-0.3, -0.25) is 10.1 Å². The van der Waals surface area contributed by atoms with Gasteiger partial charge in [-0.2, -0.15) is 5.26 Å². The molecule has 2 aromatic heterocycles. The van der Waals surface area contributed by atoms with Crippen LogP contribution in [-0.2, 0) is 0 Å². The van der Waals surface area contributed by atoms with Gasteiger partial charge in [-0.15, -0.1) is 0 Å². The quantitative estimate of drug-likeness (QED) is 0.457. The number of furan rings is 2. The Morgan fingerprint density at radius 1 is 0.935 bits per heavy atom. The zero-order valence-corrected chi connectivity index (χ0v) is 16.8. The van der Waals surface area contributed by atoms with Gasteiger partial charge in [0.2, 0.25) is 5.88 Å². The van der Waals surface area contributed by atoms with Crippen molar-refractivity contribution in [2.24, 2.45) is 0 Å². The maximum atomic E-state index is 12.5. The highest BCUT2D eigenvalue weighted by molar-refractivity contribution is 6.03. The fraction of sp³-hybridized carbons (Fsp3) is 0.0833. The van der Waals surface area contributed by atoms with Gasteiger partial charge in [-0.1, -0.05) is 12.1 Å². The summed E-state index contributed by atoms with van der Waals surface area (Å²) in [5.74, 6) is 1.45. The smallest absolute Gasteiger partial charge is 0.293 e. The van der Waals surface area contributed by atoms with Gasteiger partial charge in [0.15, 0.2) is 5.76 Å². The molecule has 2 heterocycles. The number of ether oxygens (including phenoxy) is 2. The molecule has 1 N–H and O–H groups in total. The first-order valence-electron chi connectivity index (χ1n) is 9.35. The van der Waals surface area contributed by atoms with Crippen LogP contribution in [0.3, 0.4) is 0 Å². The summed E-state index contributed by atoms with van der Waals surface area (Å²) in [5, 5.41) is 12.6.